The number of rotatable bonds is 7. The van der Waals surface area contributed by atoms with Crippen molar-refractivity contribution in [2.24, 2.45) is 0 Å². The van der Waals surface area contributed by atoms with Crippen molar-refractivity contribution in [3.63, 3.8) is 0 Å². The van der Waals surface area contributed by atoms with E-state index in [0.717, 1.165) is 6.42 Å². The topological polar surface area (TPSA) is 98.4 Å². The predicted molar refractivity (Wildman–Crippen MR) is 103 cm³/mol. The summed E-state index contributed by atoms with van der Waals surface area (Å²) < 4.78 is 0. The average Bonchev–Trinajstić information content (AvgIpc) is 2.69. The molecule has 0 bridgehead atoms. The minimum absolute atomic E-state index is 0.0238. The summed E-state index contributed by atoms with van der Waals surface area (Å²) in [7, 11) is 0. The van der Waals surface area contributed by atoms with Gasteiger partial charge in [-0.2, -0.15) is 0 Å². The molecular weight excluding hydrogens is 344 g/mol. The molecule has 136 valence electrons. The van der Waals surface area contributed by atoms with Crippen LogP contribution in [0.5, 0.6) is 0 Å². The summed E-state index contributed by atoms with van der Waals surface area (Å²) in [6, 6.07) is 19.2. The van der Waals surface area contributed by atoms with Gasteiger partial charge in [0.2, 0.25) is 0 Å². The lowest BCUT2D eigenvalue weighted by Gasteiger charge is -2.07. The van der Waals surface area contributed by atoms with Crippen LogP contribution in [0.3, 0.4) is 0 Å². The smallest absolute Gasteiger partial charge is 0.285 e. The highest BCUT2D eigenvalue weighted by molar-refractivity contribution is 6.07. The summed E-state index contributed by atoms with van der Waals surface area (Å²) in [6.45, 7) is 0.669. The van der Waals surface area contributed by atoms with Crippen molar-refractivity contribution in [2.45, 2.75) is 6.42 Å². The molecule has 7 heteroatoms. The Bertz CT molecular complexity index is 927. The van der Waals surface area contributed by atoms with E-state index in [9.17, 15) is 14.9 Å². The number of aromatic amines is 1. The first kappa shape index (κ1) is 18.1. The number of carbonyl (C=O) groups is 1. The van der Waals surface area contributed by atoms with Crippen LogP contribution in [0.2, 0.25) is 0 Å². The zero-order chi connectivity index (χ0) is 19.1. The van der Waals surface area contributed by atoms with Gasteiger partial charge in [0.15, 0.2) is 0 Å². The minimum atomic E-state index is -0.480. The Morgan fingerprint density at radius 1 is 1.00 bits per heavy atom. The molecule has 1 heterocycles. The number of hydrogen-bond donors (Lipinski definition) is 2. The lowest BCUT2D eigenvalue weighted by molar-refractivity contribution is -0.384. The summed E-state index contributed by atoms with van der Waals surface area (Å²) in [5, 5.41) is 16.7. The number of aromatic nitrogens is 1. The molecule has 0 saturated heterocycles. The van der Waals surface area contributed by atoms with E-state index in [1.54, 1.807) is 18.3 Å². The number of carbonyl (C=O) groups excluding carboxylic acids is 1. The van der Waals surface area contributed by atoms with E-state index < -0.39 is 4.92 Å². The molecule has 0 radical (unpaired) electrons. The normalized spacial score (nSPS) is 10.2. The Hall–Kier alpha value is -3.74. The summed E-state index contributed by atoms with van der Waals surface area (Å²) in [4.78, 5) is 25.9. The zero-order valence-corrected chi connectivity index (χ0v) is 14.5. The molecule has 3 aromatic rings. The third-order valence-electron chi connectivity index (χ3n) is 4.00. The van der Waals surface area contributed by atoms with Crippen LogP contribution in [-0.2, 0) is 6.42 Å². The van der Waals surface area contributed by atoms with Crippen molar-refractivity contribution in [3.05, 3.63) is 94.2 Å². The third-order valence-corrected chi connectivity index (χ3v) is 4.00. The molecule has 3 rings (SSSR count). The van der Waals surface area contributed by atoms with Crippen LogP contribution in [0.25, 0.3) is 0 Å². The van der Waals surface area contributed by atoms with E-state index in [4.69, 9.17) is 0 Å². The lowest BCUT2D eigenvalue weighted by Crippen LogP contribution is -2.22. The molecule has 0 aliphatic rings. The molecule has 0 fully saturated rings. The third kappa shape index (κ3) is 4.88. The SMILES string of the molecule is O=C(Nc1ccc([N+](=O)[O-])cc1)c1ccc[nH+]c1NCCc1ccccc1. The molecule has 27 heavy (non-hydrogen) atoms. The van der Waals surface area contributed by atoms with Gasteiger partial charge >= 0.3 is 0 Å². The molecule has 0 saturated carbocycles. The van der Waals surface area contributed by atoms with E-state index in [1.807, 2.05) is 18.2 Å². The number of amides is 1. The largest absolute Gasteiger partial charge is 0.322 e. The first-order valence-electron chi connectivity index (χ1n) is 8.48. The van der Waals surface area contributed by atoms with Crippen molar-refractivity contribution in [1.82, 2.24) is 0 Å². The Kier molecular flexibility index (Phi) is 5.73. The number of hydrogen-bond acceptors (Lipinski definition) is 4. The van der Waals surface area contributed by atoms with E-state index in [1.165, 1.54) is 29.8 Å². The van der Waals surface area contributed by atoms with Crippen LogP contribution in [0.4, 0.5) is 17.2 Å². The number of nitro groups is 1. The predicted octanol–water partition coefficient (Wildman–Crippen LogP) is 3.32. The van der Waals surface area contributed by atoms with Crippen LogP contribution in [0.15, 0.2) is 72.9 Å². The first-order valence-corrected chi connectivity index (χ1v) is 8.48. The lowest BCUT2D eigenvalue weighted by atomic mass is 10.1. The molecule has 3 N–H and O–H groups in total. The summed E-state index contributed by atoms with van der Waals surface area (Å²) in [5.74, 6) is 0.316. The average molecular weight is 363 g/mol. The molecule has 0 aliphatic carbocycles. The number of non-ortho nitro benzene ring substituents is 1. The van der Waals surface area contributed by atoms with Gasteiger partial charge in [0.05, 0.1) is 17.7 Å². The molecule has 1 aromatic heterocycles. The van der Waals surface area contributed by atoms with E-state index >= 15 is 0 Å². The molecule has 0 unspecified atom stereocenters. The van der Waals surface area contributed by atoms with Gasteiger partial charge in [-0.3, -0.25) is 20.2 Å². The molecular formula is C20H19N4O3+. The summed E-state index contributed by atoms with van der Waals surface area (Å²) >= 11 is 0. The number of nitrogens with zero attached hydrogens (tertiary/aromatic N) is 1. The molecule has 2 aromatic carbocycles. The number of nitrogens with one attached hydrogen (secondary N) is 3. The molecule has 0 aliphatic heterocycles. The number of pyridine rings is 1. The fourth-order valence-electron chi connectivity index (χ4n) is 2.61. The van der Waals surface area contributed by atoms with Gasteiger partial charge in [0.1, 0.15) is 5.56 Å². The summed E-state index contributed by atoms with van der Waals surface area (Å²) in [6.07, 6.45) is 2.57. The monoisotopic (exact) mass is 363 g/mol. The number of anilines is 2. The highest BCUT2D eigenvalue weighted by atomic mass is 16.6. The minimum Gasteiger partial charge on any atom is -0.322 e. The van der Waals surface area contributed by atoms with Crippen LogP contribution < -0.4 is 15.6 Å². The molecule has 0 spiro atoms. The maximum atomic E-state index is 12.6. The fraction of sp³-hybridized carbons (Fsp3) is 0.100. The standard InChI is InChI=1S/C20H18N4O3/c25-20(23-16-8-10-17(11-9-16)24(26)27)18-7-4-13-21-19(18)22-14-12-15-5-2-1-3-6-15/h1-11,13H,12,14H2,(H,21,22)(H,23,25)/p+1. The molecule has 7 nitrogen and oxygen atoms in total. The fourth-order valence-corrected chi connectivity index (χ4v) is 2.61. The second kappa shape index (κ2) is 8.57. The van der Waals surface area contributed by atoms with Gasteiger partial charge in [0, 0.05) is 24.2 Å². The molecule has 1 amide bonds. The second-order valence-electron chi connectivity index (χ2n) is 5.88. The van der Waals surface area contributed by atoms with Crippen molar-refractivity contribution in [2.75, 3.05) is 17.2 Å². The maximum Gasteiger partial charge on any atom is 0.285 e. The number of H-pyrrole nitrogens is 1. The Morgan fingerprint density at radius 3 is 2.44 bits per heavy atom. The second-order valence-corrected chi connectivity index (χ2v) is 5.88. The van der Waals surface area contributed by atoms with E-state index in [-0.39, 0.29) is 11.6 Å². The molecule has 0 atom stereocenters. The quantitative estimate of drug-likeness (QED) is 0.497. The van der Waals surface area contributed by atoms with Crippen molar-refractivity contribution in [1.29, 1.82) is 0 Å². The highest BCUT2D eigenvalue weighted by Gasteiger charge is 2.17. The van der Waals surface area contributed by atoms with Crippen LogP contribution in [0.1, 0.15) is 15.9 Å². The summed E-state index contributed by atoms with van der Waals surface area (Å²) in [5.41, 5.74) is 2.13. The van der Waals surface area contributed by atoms with Crippen LogP contribution in [0, 0.1) is 10.1 Å². The van der Waals surface area contributed by atoms with Crippen LogP contribution >= 0.6 is 0 Å². The van der Waals surface area contributed by atoms with Gasteiger partial charge in [-0.1, -0.05) is 30.3 Å². The van der Waals surface area contributed by atoms with E-state index in [0.29, 0.717) is 23.6 Å². The maximum absolute atomic E-state index is 12.6. The van der Waals surface area contributed by atoms with Crippen molar-refractivity contribution < 1.29 is 14.7 Å². The van der Waals surface area contributed by atoms with Gasteiger partial charge in [-0.25, -0.2) is 4.98 Å². The Labute approximate surface area is 156 Å². The van der Waals surface area contributed by atoms with Gasteiger partial charge in [-0.15, -0.1) is 0 Å². The Morgan fingerprint density at radius 2 is 1.74 bits per heavy atom. The first-order chi connectivity index (χ1) is 13.1. The number of benzene rings is 2. The van der Waals surface area contributed by atoms with Crippen molar-refractivity contribution in [3.8, 4) is 0 Å². The van der Waals surface area contributed by atoms with Gasteiger partial charge in [-0.05, 0) is 29.8 Å². The zero-order valence-electron chi connectivity index (χ0n) is 14.5. The van der Waals surface area contributed by atoms with Gasteiger partial charge < -0.3 is 5.32 Å². The van der Waals surface area contributed by atoms with E-state index in [2.05, 4.69) is 27.8 Å². The van der Waals surface area contributed by atoms with Crippen molar-refractivity contribution >= 4 is 23.1 Å². The number of nitro benzene ring substituents is 1. The highest BCUT2D eigenvalue weighted by Crippen LogP contribution is 2.17. The van der Waals surface area contributed by atoms with Crippen LogP contribution in [-0.4, -0.2) is 17.4 Å². The Balaban J connectivity index is 1.65. The van der Waals surface area contributed by atoms with Gasteiger partial charge in [0.25, 0.3) is 17.4 Å².